The average molecular weight is 294 g/mol. The Morgan fingerprint density at radius 3 is 2.57 bits per heavy atom. The lowest BCUT2D eigenvalue weighted by Crippen LogP contribution is -2.31. The molecule has 0 saturated carbocycles. The van der Waals surface area contributed by atoms with Crippen molar-refractivity contribution in [1.82, 2.24) is 15.3 Å². The van der Waals surface area contributed by atoms with Gasteiger partial charge in [0.2, 0.25) is 5.95 Å². The molecular formula is C14H22N4O3. The second-order valence-corrected chi connectivity index (χ2v) is 4.83. The van der Waals surface area contributed by atoms with E-state index in [0.29, 0.717) is 18.9 Å². The summed E-state index contributed by atoms with van der Waals surface area (Å²) in [6.45, 7) is 2.57. The molecule has 7 heteroatoms. The Bertz CT molecular complexity index is 439. The van der Waals surface area contributed by atoms with E-state index in [1.807, 2.05) is 0 Å². The number of hydrogen-bond donors (Lipinski definition) is 3. The molecule has 21 heavy (non-hydrogen) atoms. The Morgan fingerprint density at radius 2 is 1.95 bits per heavy atom. The summed E-state index contributed by atoms with van der Waals surface area (Å²) in [4.78, 5) is 30.0. The number of anilines is 1. The fraction of sp³-hybridized carbons (Fsp3) is 0.571. The van der Waals surface area contributed by atoms with Crippen molar-refractivity contribution in [3.05, 3.63) is 18.5 Å². The van der Waals surface area contributed by atoms with Crippen LogP contribution in [0.1, 0.15) is 39.0 Å². The molecule has 0 radical (unpaired) electrons. The minimum Gasteiger partial charge on any atom is -0.481 e. The van der Waals surface area contributed by atoms with Gasteiger partial charge >= 0.3 is 12.0 Å². The summed E-state index contributed by atoms with van der Waals surface area (Å²) in [5, 5.41) is 14.0. The van der Waals surface area contributed by atoms with Crippen LogP contribution in [-0.4, -0.2) is 33.6 Å². The number of urea groups is 1. The lowest BCUT2D eigenvalue weighted by molar-refractivity contribution is -0.137. The van der Waals surface area contributed by atoms with Crippen LogP contribution in [0, 0.1) is 5.92 Å². The molecule has 1 unspecified atom stereocenters. The molecule has 0 aromatic carbocycles. The maximum atomic E-state index is 11.6. The van der Waals surface area contributed by atoms with Gasteiger partial charge in [-0.25, -0.2) is 14.8 Å². The molecule has 0 fully saturated rings. The summed E-state index contributed by atoms with van der Waals surface area (Å²) in [6.07, 6.45) is 6.66. The first-order chi connectivity index (χ1) is 10.1. The largest absolute Gasteiger partial charge is 0.481 e. The van der Waals surface area contributed by atoms with Gasteiger partial charge in [0.15, 0.2) is 0 Å². The zero-order chi connectivity index (χ0) is 15.5. The van der Waals surface area contributed by atoms with E-state index in [1.54, 1.807) is 18.5 Å². The molecule has 0 saturated heterocycles. The third-order valence-electron chi connectivity index (χ3n) is 3.09. The van der Waals surface area contributed by atoms with Crippen molar-refractivity contribution >= 4 is 17.9 Å². The van der Waals surface area contributed by atoms with Crippen molar-refractivity contribution in [2.75, 3.05) is 11.9 Å². The topological polar surface area (TPSA) is 104 Å². The molecule has 1 heterocycles. The number of nitrogens with zero attached hydrogens (tertiary/aromatic N) is 2. The molecule has 1 aromatic heterocycles. The molecule has 1 aromatic rings. The summed E-state index contributed by atoms with van der Waals surface area (Å²) >= 11 is 0. The number of rotatable bonds is 9. The predicted molar refractivity (Wildman–Crippen MR) is 78.9 cm³/mol. The van der Waals surface area contributed by atoms with Crippen molar-refractivity contribution in [2.45, 2.75) is 39.0 Å². The van der Waals surface area contributed by atoms with Crippen LogP contribution in [0.4, 0.5) is 10.7 Å². The maximum absolute atomic E-state index is 11.6. The van der Waals surface area contributed by atoms with Gasteiger partial charge in [-0.2, -0.15) is 0 Å². The second kappa shape index (κ2) is 9.68. The number of hydrogen-bond acceptors (Lipinski definition) is 4. The van der Waals surface area contributed by atoms with Crippen molar-refractivity contribution in [3.8, 4) is 0 Å². The predicted octanol–water partition coefficient (Wildman–Crippen LogP) is 2.27. The highest BCUT2D eigenvalue weighted by Crippen LogP contribution is 2.17. The molecule has 0 aliphatic heterocycles. The standard InChI is InChI=1S/C14H22N4O3/c1-2-4-11(5-6-12(19)20)7-10-17-14(21)18-13-15-8-3-9-16-13/h3,8-9,11H,2,4-7,10H2,1H3,(H,19,20)(H2,15,16,17,18,21). The van der Waals surface area contributed by atoms with Gasteiger partial charge in [0.05, 0.1) is 0 Å². The van der Waals surface area contributed by atoms with Gasteiger partial charge in [0.25, 0.3) is 0 Å². The molecule has 0 bridgehead atoms. The summed E-state index contributed by atoms with van der Waals surface area (Å²) in [7, 11) is 0. The molecule has 7 nitrogen and oxygen atoms in total. The van der Waals surface area contributed by atoms with E-state index in [-0.39, 0.29) is 18.4 Å². The number of aliphatic carboxylic acids is 1. The fourth-order valence-electron chi connectivity index (χ4n) is 2.07. The van der Waals surface area contributed by atoms with Crippen molar-refractivity contribution in [3.63, 3.8) is 0 Å². The van der Waals surface area contributed by atoms with Gasteiger partial charge in [-0.1, -0.05) is 19.8 Å². The summed E-state index contributed by atoms with van der Waals surface area (Å²) < 4.78 is 0. The minimum absolute atomic E-state index is 0.175. The molecular weight excluding hydrogens is 272 g/mol. The normalized spacial score (nSPS) is 11.7. The SMILES string of the molecule is CCCC(CCNC(=O)Nc1ncccn1)CCC(=O)O. The van der Waals surface area contributed by atoms with E-state index in [9.17, 15) is 9.59 Å². The quantitative estimate of drug-likeness (QED) is 0.648. The highest BCUT2D eigenvalue weighted by Gasteiger charge is 2.11. The zero-order valence-corrected chi connectivity index (χ0v) is 12.2. The first-order valence-corrected chi connectivity index (χ1v) is 7.15. The second-order valence-electron chi connectivity index (χ2n) is 4.83. The van der Waals surface area contributed by atoms with Crippen LogP contribution in [0.2, 0.25) is 0 Å². The number of amides is 2. The van der Waals surface area contributed by atoms with E-state index in [4.69, 9.17) is 5.11 Å². The molecule has 3 N–H and O–H groups in total. The van der Waals surface area contributed by atoms with E-state index < -0.39 is 5.97 Å². The van der Waals surface area contributed by atoms with E-state index in [1.165, 1.54) is 0 Å². The summed E-state index contributed by atoms with van der Waals surface area (Å²) in [6, 6.07) is 1.32. The lowest BCUT2D eigenvalue weighted by Gasteiger charge is -2.15. The van der Waals surface area contributed by atoms with Crippen LogP contribution in [0.3, 0.4) is 0 Å². The highest BCUT2D eigenvalue weighted by molar-refractivity contribution is 5.87. The molecule has 0 aliphatic carbocycles. The third-order valence-corrected chi connectivity index (χ3v) is 3.09. The Kier molecular flexibility index (Phi) is 7.78. The number of carbonyl (C=O) groups excluding carboxylic acids is 1. The van der Waals surface area contributed by atoms with Crippen LogP contribution in [-0.2, 0) is 4.79 Å². The van der Waals surface area contributed by atoms with Crippen LogP contribution < -0.4 is 10.6 Å². The average Bonchev–Trinajstić information content (AvgIpc) is 2.45. The van der Waals surface area contributed by atoms with E-state index in [0.717, 1.165) is 19.3 Å². The van der Waals surface area contributed by atoms with Crippen LogP contribution >= 0.6 is 0 Å². The lowest BCUT2D eigenvalue weighted by atomic mass is 9.94. The van der Waals surface area contributed by atoms with Crippen LogP contribution in [0.15, 0.2) is 18.5 Å². The van der Waals surface area contributed by atoms with Crippen molar-refractivity contribution < 1.29 is 14.7 Å². The monoisotopic (exact) mass is 294 g/mol. The Balaban J connectivity index is 2.26. The fourth-order valence-corrected chi connectivity index (χ4v) is 2.07. The van der Waals surface area contributed by atoms with Crippen molar-refractivity contribution in [1.29, 1.82) is 0 Å². The first kappa shape index (κ1) is 16.9. The Hall–Kier alpha value is -2.18. The molecule has 116 valence electrons. The molecule has 0 aliphatic rings. The smallest absolute Gasteiger partial charge is 0.321 e. The highest BCUT2D eigenvalue weighted by atomic mass is 16.4. The maximum Gasteiger partial charge on any atom is 0.321 e. The third kappa shape index (κ3) is 7.86. The number of aromatic nitrogens is 2. The Labute approximate surface area is 124 Å². The van der Waals surface area contributed by atoms with Gasteiger partial charge in [-0.3, -0.25) is 10.1 Å². The number of carboxylic acids is 1. The van der Waals surface area contributed by atoms with Gasteiger partial charge < -0.3 is 10.4 Å². The van der Waals surface area contributed by atoms with E-state index >= 15 is 0 Å². The summed E-state index contributed by atoms with van der Waals surface area (Å²) in [5.74, 6) is -0.201. The number of nitrogens with one attached hydrogen (secondary N) is 2. The molecule has 2 amide bonds. The van der Waals surface area contributed by atoms with Gasteiger partial charge in [-0.15, -0.1) is 0 Å². The van der Waals surface area contributed by atoms with Crippen molar-refractivity contribution in [2.24, 2.45) is 5.92 Å². The first-order valence-electron chi connectivity index (χ1n) is 7.15. The van der Waals surface area contributed by atoms with E-state index in [2.05, 4.69) is 27.5 Å². The number of carboxylic acid groups (broad SMARTS) is 1. The van der Waals surface area contributed by atoms with Crippen LogP contribution in [0.25, 0.3) is 0 Å². The zero-order valence-electron chi connectivity index (χ0n) is 12.2. The number of carbonyl (C=O) groups is 2. The summed E-state index contributed by atoms with van der Waals surface area (Å²) in [5.41, 5.74) is 0. The molecule has 0 spiro atoms. The molecule has 1 atom stereocenters. The minimum atomic E-state index is -0.775. The Morgan fingerprint density at radius 1 is 1.24 bits per heavy atom. The van der Waals surface area contributed by atoms with Crippen LogP contribution in [0.5, 0.6) is 0 Å². The van der Waals surface area contributed by atoms with Gasteiger partial charge in [0, 0.05) is 25.4 Å². The molecule has 1 rings (SSSR count). The van der Waals surface area contributed by atoms with Gasteiger partial charge in [0.1, 0.15) is 0 Å². The van der Waals surface area contributed by atoms with Gasteiger partial charge in [-0.05, 0) is 24.8 Å².